The number of anilines is 1. The summed E-state index contributed by atoms with van der Waals surface area (Å²) in [6, 6.07) is 7.10. The topological polar surface area (TPSA) is 158 Å². The van der Waals surface area contributed by atoms with E-state index in [2.05, 4.69) is 10.6 Å². The lowest BCUT2D eigenvalue weighted by Gasteiger charge is -2.09. The van der Waals surface area contributed by atoms with Crippen molar-refractivity contribution in [1.82, 2.24) is 5.32 Å². The van der Waals surface area contributed by atoms with Gasteiger partial charge in [-0.1, -0.05) is 6.07 Å². The van der Waals surface area contributed by atoms with Crippen molar-refractivity contribution >= 4 is 33.5 Å². The molecular weight excluding hydrogens is 378 g/mol. The zero-order chi connectivity index (χ0) is 20.0. The number of hydrogen-bond donors (Lipinski definition) is 3. The second-order valence-electron chi connectivity index (χ2n) is 5.39. The van der Waals surface area contributed by atoms with Gasteiger partial charge in [0, 0.05) is 5.69 Å². The van der Waals surface area contributed by atoms with Crippen molar-refractivity contribution < 1.29 is 32.0 Å². The molecule has 4 N–H and O–H groups in total. The minimum absolute atomic E-state index is 0.0329. The van der Waals surface area contributed by atoms with Crippen molar-refractivity contribution in [2.24, 2.45) is 5.14 Å². The Morgan fingerprint density at radius 1 is 1.22 bits per heavy atom. The average molecular weight is 395 g/mol. The minimum atomic E-state index is -3.94. The number of nitrogens with two attached hydrogens (primary N) is 1. The summed E-state index contributed by atoms with van der Waals surface area (Å²) in [6.45, 7) is 0.491. The number of benzene rings is 1. The molecule has 10 nitrogen and oxygen atoms in total. The molecule has 0 spiro atoms. The van der Waals surface area contributed by atoms with Crippen LogP contribution in [0, 0.1) is 6.92 Å². The Morgan fingerprint density at radius 2 is 1.96 bits per heavy atom. The van der Waals surface area contributed by atoms with E-state index in [1.807, 2.05) is 0 Å². The van der Waals surface area contributed by atoms with Gasteiger partial charge in [-0.15, -0.1) is 0 Å². The van der Waals surface area contributed by atoms with Crippen molar-refractivity contribution in [3.05, 3.63) is 47.9 Å². The number of carbonyl (C=O) groups is 3. The SMILES string of the molecule is Cc1ccc(NC(=O)COC(=O)CNC(=O)c2ccco2)cc1S(N)(=O)=O. The van der Waals surface area contributed by atoms with Crippen LogP contribution in [0.1, 0.15) is 16.1 Å². The molecule has 0 aliphatic carbocycles. The van der Waals surface area contributed by atoms with Gasteiger partial charge in [0.1, 0.15) is 6.54 Å². The van der Waals surface area contributed by atoms with Crippen molar-refractivity contribution in [1.29, 1.82) is 0 Å². The Balaban J connectivity index is 1.82. The number of nitrogens with one attached hydrogen (secondary N) is 2. The Labute approximate surface area is 154 Å². The monoisotopic (exact) mass is 395 g/mol. The highest BCUT2D eigenvalue weighted by atomic mass is 32.2. The highest BCUT2D eigenvalue weighted by Crippen LogP contribution is 2.18. The second kappa shape index (κ2) is 8.47. The zero-order valence-electron chi connectivity index (χ0n) is 14.2. The zero-order valence-corrected chi connectivity index (χ0v) is 15.0. The molecule has 1 heterocycles. The Morgan fingerprint density at radius 3 is 2.59 bits per heavy atom. The van der Waals surface area contributed by atoms with E-state index in [1.54, 1.807) is 6.92 Å². The van der Waals surface area contributed by atoms with Crippen molar-refractivity contribution in [3.63, 3.8) is 0 Å². The van der Waals surface area contributed by atoms with Gasteiger partial charge in [-0.25, -0.2) is 13.6 Å². The summed E-state index contributed by atoms with van der Waals surface area (Å²) in [6.07, 6.45) is 1.31. The smallest absolute Gasteiger partial charge is 0.325 e. The van der Waals surface area contributed by atoms with Crippen LogP contribution in [0.25, 0.3) is 0 Å². The Bertz CT molecular complexity index is 952. The van der Waals surface area contributed by atoms with E-state index in [1.165, 1.54) is 36.6 Å². The average Bonchev–Trinajstić information content (AvgIpc) is 3.13. The van der Waals surface area contributed by atoms with Gasteiger partial charge >= 0.3 is 5.97 Å². The molecule has 2 amide bonds. The fourth-order valence-corrected chi connectivity index (χ4v) is 2.83. The van der Waals surface area contributed by atoms with E-state index in [-0.39, 0.29) is 16.3 Å². The molecule has 1 aromatic carbocycles. The summed E-state index contributed by atoms with van der Waals surface area (Å²) in [7, 11) is -3.94. The summed E-state index contributed by atoms with van der Waals surface area (Å²) < 4.78 is 32.5. The molecule has 11 heteroatoms. The number of ether oxygens (including phenoxy) is 1. The molecule has 0 saturated heterocycles. The number of amides is 2. The second-order valence-corrected chi connectivity index (χ2v) is 6.92. The molecule has 0 aliphatic rings. The highest BCUT2D eigenvalue weighted by Gasteiger charge is 2.15. The third-order valence-electron chi connectivity index (χ3n) is 3.28. The van der Waals surface area contributed by atoms with Crippen LogP contribution in [-0.4, -0.2) is 39.4 Å². The van der Waals surface area contributed by atoms with E-state index < -0.39 is 41.0 Å². The van der Waals surface area contributed by atoms with E-state index in [4.69, 9.17) is 14.3 Å². The maximum absolute atomic E-state index is 11.8. The van der Waals surface area contributed by atoms with Crippen LogP contribution in [-0.2, 0) is 24.3 Å². The first-order chi connectivity index (χ1) is 12.7. The lowest BCUT2D eigenvalue weighted by atomic mass is 10.2. The van der Waals surface area contributed by atoms with Crippen molar-refractivity contribution in [2.45, 2.75) is 11.8 Å². The number of sulfonamides is 1. The molecule has 0 aliphatic heterocycles. The van der Waals surface area contributed by atoms with Crippen molar-refractivity contribution in [3.8, 4) is 0 Å². The van der Waals surface area contributed by atoms with Gasteiger partial charge in [0.25, 0.3) is 11.8 Å². The fraction of sp³-hybridized carbons (Fsp3) is 0.188. The van der Waals surface area contributed by atoms with E-state index >= 15 is 0 Å². The number of furan rings is 1. The first-order valence-electron chi connectivity index (χ1n) is 7.57. The highest BCUT2D eigenvalue weighted by molar-refractivity contribution is 7.89. The number of primary sulfonamides is 1. The van der Waals surface area contributed by atoms with E-state index in [0.717, 1.165) is 0 Å². The van der Waals surface area contributed by atoms with Gasteiger partial charge in [0.15, 0.2) is 12.4 Å². The van der Waals surface area contributed by atoms with Crippen LogP contribution in [0.4, 0.5) is 5.69 Å². The molecule has 2 rings (SSSR count). The maximum atomic E-state index is 11.8. The molecule has 2 aromatic rings. The van der Waals surface area contributed by atoms with E-state index in [9.17, 15) is 22.8 Å². The largest absolute Gasteiger partial charge is 0.459 e. The van der Waals surface area contributed by atoms with Gasteiger partial charge < -0.3 is 19.8 Å². The van der Waals surface area contributed by atoms with E-state index in [0.29, 0.717) is 5.56 Å². The van der Waals surface area contributed by atoms with Gasteiger partial charge in [-0.3, -0.25) is 14.4 Å². The maximum Gasteiger partial charge on any atom is 0.325 e. The standard InChI is InChI=1S/C16H17N3O7S/c1-10-4-5-11(7-13(10)27(17,23)24)19-14(20)9-26-15(21)8-18-16(22)12-3-2-6-25-12/h2-7H,8-9H2,1H3,(H,18,22)(H,19,20)(H2,17,23,24). The lowest BCUT2D eigenvalue weighted by Crippen LogP contribution is -2.32. The van der Waals surface area contributed by atoms with Gasteiger partial charge in [-0.05, 0) is 36.8 Å². The molecular formula is C16H17N3O7S. The summed E-state index contributed by atoms with van der Waals surface area (Å²) in [4.78, 5) is 34.8. The third-order valence-corrected chi connectivity index (χ3v) is 4.33. The summed E-state index contributed by atoms with van der Waals surface area (Å²) in [5.41, 5.74) is 0.603. The van der Waals surface area contributed by atoms with Crippen LogP contribution >= 0.6 is 0 Å². The summed E-state index contributed by atoms with van der Waals surface area (Å²) in [5, 5.41) is 9.75. The normalized spacial score (nSPS) is 10.9. The first kappa shape index (κ1) is 20.1. The Kier molecular flexibility index (Phi) is 6.32. The number of aryl methyl sites for hydroxylation is 1. The molecule has 27 heavy (non-hydrogen) atoms. The lowest BCUT2D eigenvalue weighted by molar-refractivity contribution is -0.146. The molecule has 0 fully saturated rings. The molecule has 144 valence electrons. The number of hydrogen-bond acceptors (Lipinski definition) is 7. The van der Waals surface area contributed by atoms with Crippen LogP contribution < -0.4 is 15.8 Å². The van der Waals surface area contributed by atoms with Gasteiger partial charge in [0.05, 0.1) is 11.2 Å². The Hall–Kier alpha value is -3.18. The van der Waals surface area contributed by atoms with Crippen LogP contribution in [0.2, 0.25) is 0 Å². The molecule has 0 saturated carbocycles. The third kappa shape index (κ3) is 5.94. The molecule has 0 unspecified atom stereocenters. The molecule has 1 aromatic heterocycles. The fourth-order valence-electron chi connectivity index (χ4n) is 2.03. The first-order valence-corrected chi connectivity index (χ1v) is 9.12. The number of esters is 1. The molecule has 0 radical (unpaired) electrons. The summed E-state index contributed by atoms with van der Waals surface area (Å²) >= 11 is 0. The number of rotatable bonds is 7. The van der Waals surface area contributed by atoms with Crippen LogP contribution in [0.15, 0.2) is 45.9 Å². The molecule has 0 bridgehead atoms. The minimum Gasteiger partial charge on any atom is -0.459 e. The summed E-state index contributed by atoms with van der Waals surface area (Å²) in [5.74, 6) is -2.09. The van der Waals surface area contributed by atoms with Crippen LogP contribution in [0.3, 0.4) is 0 Å². The van der Waals surface area contributed by atoms with Gasteiger partial charge in [-0.2, -0.15) is 0 Å². The number of carbonyl (C=O) groups excluding carboxylic acids is 3. The van der Waals surface area contributed by atoms with Crippen LogP contribution in [0.5, 0.6) is 0 Å². The van der Waals surface area contributed by atoms with Gasteiger partial charge in [0.2, 0.25) is 10.0 Å². The predicted octanol–water partition coefficient (Wildman–Crippen LogP) is 0.147. The quantitative estimate of drug-likeness (QED) is 0.563. The predicted molar refractivity (Wildman–Crippen MR) is 93.2 cm³/mol. The van der Waals surface area contributed by atoms with Crippen molar-refractivity contribution in [2.75, 3.05) is 18.5 Å². The molecule has 0 atom stereocenters.